The normalized spacial score (nSPS) is 18.4. The standard InChI is InChI=1S/C33H34O4/c1-23(2)30-29(25(4)28-18-12-7-13-19-28)24(3)20-33(30,31(34)36-21-26-14-8-5-9-15-26)32(35)37-22-27-16-10-6-11-17-27/h5-19,23,29-30H,3-4,20-22H2,1-2H3/t29-,30+/m1/s1. The molecule has 0 aromatic heterocycles. The van der Waals surface area contributed by atoms with Gasteiger partial charge in [-0.2, -0.15) is 0 Å². The van der Waals surface area contributed by atoms with Crippen molar-refractivity contribution in [2.75, 3.05) is 0 Å². The van der Waals surface area contributed by atoms with E-state index in [1.165, 1.54) is 0 Å². The summed E-state index contributed by atoms with van der Waals surface area (Å²) in [5, 5.41) is 0. The lowest BCUT2D eigenvalue weighted by Crippen LogP contribution is -2.47. The van der Waals surface area contributed by atoms with Crippen LogP contribution in [0.3, 0.4) is 0 Å². The van der Waals surface area contributed by atoms with Gasteiger partial charge in [0.15, 0.2) is 5.41 Å². The Hall–Kier alpha value is -3.92. The summed E-state index contributed by atoms with van der Waals surface area (Å²) in [6.45, 7) is 12.9. The van der Waals surface area contributed by atoms with Crippen LogP contribution < -0.4 is 0 Å². The number of ether oxygens (including phenoxy) is 2. The van der Waals surface area contributed by atoms with E-state index in [-0.39, 0.29) is 31.5 Å². The Morgan fingerprint density at radius 2 is 1.24 bits per heavy atom. The van der Waals surface area contributed by atoms with E-state index >= 15 is 0 Å². The van der Waals surface area contributed by atoms with Crippen molar-refractivity contribution < 1.29 is 19.1 Å². The van der Waals surface area contributed by atoms with E-state index in [4.69, 9.17) is 9.47 Å². The van der Waals surface area contributed by atoms with Crippen LogP contribution in [-0.4, -0.2) is 11.9 Å². The number of carbonyl (C=O) groups excluding carboxylic acids is 2. The first-order valence-electron chi connectivity index (χ1n) is 12.7. The van der Waals surface area contributed by atoms with Crippen molar-refractivity contribution in [1.82, 2.24) is 0 Å². The molecule has 0 N–H and O–H groups in total. The summed E-state index contributed by atoms with van der Waals surface area (Å²) in [5.74, 6) is -1.87. The molecule has 4 nitrogen and oxygen atoms in total. The number of carbonyl (C=O) groups is 2. The minimum Gasteiger partial charge on any atom is -0.460 e. The van der Waals surface area contributed by atoms with Gasteiger partial charge in [0.2, 0.25) is 0 Å². The Bertz CT molecular complexity index is 1190. The quantitative estimate of drug-likeness (QED) is 0.182. The van der Waals surface area contributed by atoms with Crippen molar-refractivity contribution in [3.63, 3.8) is 0 Å². The predicted octanol–water partition coefficient (Wildman–Crippen LogP) is 7.02. The van der Waals surface area contributed by atoms with Crippen LogP contribution in [0.25, 0.3) is 5.57 Å². The molecule has 4 heteroatoms. The molecule has 0 aliphatic heterocycles. The zero-order valence-corrected chi connectivity index (χ0v) is 21.6. The van der Waals surface area contributed by atoms with Gasteiger partial charge in [-0.15, -0.1) is 0 Å². The second-order valence-electron chi connectivity index (χ2n) is 10.1. The van der Waals surface area contributed by atoms with Crippen molar-refractivity contribution in [3.05, 3.63) is 126 Å². The molecule has 3 aromatic carbocycles. The maximum absolute atomic E-state index is 14.0. The molecule has 0 heterocycles. The summed E-state index contributed by atoms with van der Waals surface area (Å²) in [6, 6.07) is 28.8. The number of allylic oxidation sites excluding steroid dienone is 2. The van der Waals surface area contributed by atoms with E-state index in [9.17, 15) is 9.59 Å². The molecule has 0 radical (unpaired) electrons. The summed E-state index contributed by atoms with van der Waals surface area (Å²) >= 11 is 0. The van der Waals surface area contributed by atoms with Crippen LogP contribution in [0.15, 0.2) is 110 Å². The fourth-order valence-electron chi connectivity index (χ4n) is 5.58. The summed E-state index contributed by atoms with van der Waals surface area (Å²) in [7, 11) is 0. The van der Waals surface area contributed by atoms with Gasteiger partial charge in [0.05, 0.1) is 0 Å². The second kappa shape index (κ2) is 11.4. The van der Waals surface area contributed by atoms with Crippen molar-refractivity contribution in [2.45, 2.75) is 33.5 Å². The van der Waals surface area contributed by atoms with E-state index in [2.05, 4.69) is 13.2 Å². The van der Waals surface area contributed by atoms with E-state index in [1.54, 1.807) is 0 Å². The smallest absolute Gasteiger partial charge is 0.324 e. The highest BCUT2D eigenvalue weighted by atomic mass is 16.6. The summed E-state index contributed by atoms with van der Waals surface area (Å²) in [6.07, 6.45) is 0.160. The first kappa shape index (κ1) is 26.2. The molecule has 0 amide bonds. The minimum absolute atomic E-state index is 0.0433. The van der Waals surface area contributed by atoms with Gasteiger partial charge in [-0.1, -0.05) is 124 Å². The summed E-state index contributed by atoms with van der Waals surface area (Å²) in [5.41, 5.74) is 2.79. The lowest BCUT2D eigenvalue weighted by atomic mass is 9.67. The lowest BCUT2D eigenvalue weighted by Gasteiger charge is -2.36. The highest BCUT2D eigenvalue weighted by molar-refractivity contribution is 6.02. The number of benzene rings is 3. The van der Waals surface area contributed by atoms with Crippen LogP contribution in [-0.2, 0) is 32.3 Å². The zero-order valence-electron chi connectivity index (χ0n) is 21.6. The fourth-order valence-corrected chi connectivity index (χ4v) is 5.58. The zero-order chi connectivity index (χ0) is 26.4. The van der Waals surface area contributed by atoms with Crippen LogP contribution in [0.1, 0.15) is 37.0 Å². The van der Waals surface area contributed by atoms with Gasteiger partial charge in [0, 0.05) is 5.92 Å². The second-order valence-corrected chi connectivity index (χ2v) is 10.1. The van der Waals surface area contributed by atoms with Crippen molar-refractivity contribution in [3.8, 4) is 0 Å². The number of hydrogen-bond acceptors (Lipinski definition) is 4. The topological polar surface area (TPSA) is 52.6 Å². The molecule has 0 spiro atoms. The molecule has 1 saturated carbocycles. The highest BCUT2D eigenvalue weighted by Gasteiger charge is 2.63. The first-order chi connectivity index (χ1) is 17.8. The van der Waals surface area contributed by atoms with Crippen LogP contribution in [0, 0.1) is 23.2 Å². The fraction of sp³-hybridized carbons (Fsp3) is 0.273. The molecular formula is C33H34O4. The largest absolute Gasteiger partial charge is 0.460 e. The van der Waals surface area contributed by atoms with Crippen LogP contribution >= 0.6 is 0 Å². The Kier molecular flexibility index (Phi) is 8.08. The summed E-state index contributed by atoms with van der Waals surface area (Å²) < 4.78 is 11.7. The van der Waals surface area contributed by atoms with Gasteiger partial charge >= 0.3 is 11.9 Å². The average Bonchev–Trinajstić information content (AvgIpc) is 3.25. The lowest BCUT2D eigenvalue weighted by molar-refractivity contribution is -0.179. The Morgan fingerprint density at radius 3 is 1.68 bits per heavy atom. The molecule has 1 aliphatic rings. The molecule has 0 unspecified atom stereocenters. The van der Waals surface area contributed by atoms with Crippen molar-refractivity contribution >= 4 is 17.5 Å². The maximum atomic E-state index is 14.0. The molecule has 4 rings (SSSR count). The molecule has 2 atom stereocenters. The van der Waals surface area contributed by atoms with E-state index in [0.29, 0.717) is 0 Å². The predicted molar refractivity (Wildman–Crippen MR) is 146 cm³/mol. The van der Waals surface area contributed by atoms with Gasteiger partial charge in [-0.05, 0) is 40.5 Å². The molecule has 0 bridgehead atoms. The van der Waals surface area contributed by atoms with E-state index < -0.39 is 23.3 Å². The van der Waals surface area contributed by atoms with E-state index in [0.717, 1.165) is 27.8 Å². The number of rotatable bonds is 9. The Labute approximate surface area is 219 Å². The number of esters is 2. The summed E-state index contributed by atoms with van der Waals surface area (Å²) in [4.78, 5) is 27.9. The SMILES string of the molecule is C=C1CC(C(=O)OCc2ccccc2)(C(=O)OCc2ccccc2)[C@@H](C(C)C)[C@H]1C(=C)c1ccccc1. The Morgan fingerprint density at radius 1 is 0.811 bits per heavy atom. The molecule has 3 aromatic rings. The monoisotopic (exact) mass is 494 g/mol. The van der Waals surface area contributed by atoms with Crippen LogP contribution in [0.4, 0.5) is 0 Å². The molecule has 0 saturated heterocycles. The van der Waals surface area contributed by atoms with Gasteiger partial charge in [0.1, 0.15) is 13.2 Å². The first-order valence-corrected chi connectivity index (χ1v) is 12.7. The maximum Gasteiger partial charge on any atom is 0.324 e. The number of hydrogen-bond donors (Lipinski definition) is 0. The van der Waals surface area contributed by atoms with E-state index in [1.807, 2.05) is 105 Å². The third-order valence-electron chi connectivity index (χ3n) is 7.27. The minimum atomic E-state index is -1.52. The average molecular weight is 495 g/mol. The highest BCUT2D eigenvalue weighted by Crippen LogP contribution is 2.58. The molecule has 190 valence electrons. The molecule has 37 heavy (non-hydrogen) atoms. The van der Waals surface area contributed by atoms with Crippen molar-refractivity contribution in [2.24, 2.45) is 23.2 Å². The molecule has 1 fully saturated rings. The van der Waals surface area contributed by atoms with Gasteiger partial charge in [-0.3, -0.25) is 9.59 Å². The third-order valence-corrected chi connectivity index (χ3v) is 7.27. The Balaban J connectivity index is 1.70. The van der Waals surface area contributed by atoms with Crippen molar-refractivity contribution in [1.29, 1.82) is 0 Å². The molecule has 1 aliphatic carbocycles. The molecular weight excluding hydrogens is 460 g/mol. The van der Waals surface area contributed by atoms with Gasteiger partial charge in [0.25, 0.3) is 0 Å². The third kappa shape index (κ3) is 5.43. The van der Waals surface area contributed by atoms with Crippen LogP contribution in [0.5, 0.6) is 0 Å². The van der Waals surface area contributed by atoms with Gasteiger partial charge in [-0.25, -0.2) is 0 Å². The van der Waals surface area contributed by atoms with Crippen LogP contribution in [0.2, 0.25) is 0 Å². The van der Waals surface area contributed by atoms with Gasteiger partial charge < -0.3 is 9.47 Å².